The number of piperidine rings is 1. The van der Waals surface area contributed by atoms with E-state index in [1.807, 2.05) is 16.5 Å². The monoisotopic (exact) mass is 274 g/mol. The van der Waals surface area contributed by atoms with Crippen molar-refractivity contribution in [3.63, 3.8) is 0 Å². The maximum Gasteiger partial charge on any atom is 0.226 e. The highest BCUT2D eigenvalue weighted by molar-refractivity contribution is 5.79. The standard InChI is InChI=1S/C15H22N4O/c1-18-11-16-17-14(18)13-8-5-9-19(10-13)15(20)12-6-3-2-4-7-12/h2-3,11-13H,4-10H2,1H3. The molecule has 1 aliphatic heterocycles. The van der Waals surface area contributed by atoms with Gasteiger partial charge >= 0.3 is 0 Å². The first-order chi connectivity index (χ1) is 9.75. The van der Waals surface area contributed by atoms with Crippen LogP contribution >= 0.6 is 0 Å². The lowest BCUT2D eigenvalue weighted by Gasteiger charge is -2.34. The van der Waals surface area contributed by atoms with E-state index < -0.39 is 0 Å². The Morgan fingerprint density at radius 2 is 2.25 bits per heavy atom. The molecule has 5 heteroatoms. The van der Waals surface area contributed by atoms with Crippen LogP contribution in [0.4, 0.5) is 0 Å². The Bertz CT molecular complexity index is 508. The number of likely N-dealkylation sites (tertiary alicyclic amines) is 1. The third-order valence-electron chi connectivity index (χ3n) is 4.46. The molecule has 2 unspecified atom stereocenters. The SMILES string of the molecule is Cn1cnnc1C1CCCN(C(=O)C2CC=CCC2)C1. The fraction of sp³-hybridized carbons (Fsp3) is 0.667. The summed E-state index contributed by atoms with van der Waals surface area (Å²) in [5.74, 6) is 1.87. The Hall–Kier alpha value is -1.65. The van der Waals surface area contributed by atoms with Crippen LogP contribution < -0.4 is 0 Å². The van der Waals surface area contributed by atoms with E-state index >= 15 is 0 Å². The number of nitrogens with zero attached hydrogens (tertiary/aromatic N) is 4. The van der Waals surface area contributed by atoms with Gasteiger partial charge in [-0.2, -0.15) is 0 Å². The smallest absolute Gasteiger partial charge is 0.226 e. The Morgan fingerprint density at radius 3 is 2.95 bits per heavy atom. The van der Waals surface area contributed by atoms with Gasteiger partial charge in [-0.3, -0.25) is 4.79 Å². The summed E-state index contributed by atoms with van der Waals surface area (Å²) in [7, 11) is 1.97. The first-order valence-electron chi connectivity index (χ1n) is 7.53. The molecular weight excluding hydrogens is 252 g/mol. The highest BCUT2D eigenvalue weighted by atomic mass is 16.2. The minimum atomic E-state index is 0.193. The number of rotatable bonds is 2. The predicted molar refractivity (Wildman–Crippen MR) is 76.0 cm³/mol. The lowest BCUT2D eigenvalue weighted by molar-refractivity contribution is -0.137. The quantitative estimate of drug-likeness (QED) is 0.774. The zero-order chi connectivity index (χ0) is 13.9. The Morgan fingerprint density at radius 1 is 1.35 bits per heavy atom. The van der Waals surface area contributed by atoms with Crippen molar-refractivity contribution in [2.24, 2.45) is 13.0 Å². The van der Waals surface area contributed by atoms with Crippen LogP contribution in [0.25, 0.3) is 0 Å². The van der Waals surface area contributed by atoms with Gasteiger partial charge in [0, 0.05) is 32.0 Å². The third-order valence-corrected chi connectivity index (χ3v) is 4.46. The summed E-state index contributed by atoms with van der Waals surface area (Å²) in [5, 5.41) is 8.17. The van der Waals surface area contributed by atoms with Crippen molar-refractivity contribution in [2.75, 3.05) is 13.1 Å². The first kappa shape index (κ1) is 13.3. The Labute approximate surface area is 119 Å². The summed E-state index contributed by atoms with van der Waals surface area (Å²) in [6.07, 6.45) is 11.2. The topological polar surface area (TPSA) is 51.0 Å². The Kier molecular flexibility index (Phi) is 3.85. The highest BCUT2D eigenvalue weighted by Gasteiger charge is 2.30. The lowest BCUT2D eigenvalue weighted by atomic mass is 9.90. The zero-order valence-electron chi connectivity index (χ0n) is 12.0. The van der Waals surface area contributed by atoms with Gasteiger partial charge < -0.3 is 9.47 Å². The molecule has 5 nitrogen and oxygen atoms in total. The van der Waals surface area contributed by atoms with E-state index in [0.29, 0.717) is 11.8 Å². The molecule has 1 aromatic heterocycles. The van der Waals surface area contributed by atoms with E-state index in [4.69, 9.17) is 0 Å². The van der Waals surface area contributed by atoms with Crippen LogP contribution in [0.1, 0.15) is 43.8 Å². The number of allylic oxidation sites excluding steroid dienone is 2. The average molecular weight is 274 g/mol. The molecule has 0 N–H and O–H groups in total. The number of hydrogen-bond acceptors (Lipinski definition) is 3. The molecule has 2 atom stereocenters. The molecule has 2 aliphatic rings. The van der Waals surface area contributed by atoms with E-state index in [0.717, 1.165) is 51.0 Å². The van der Waals surface area contributed by atoms with Crippen LogP contribution in [0.5, 0.6) is 0 Å². The van der Waals surface area contributed by atoms with Crippen LogP contribution in [0.15, 0.2) is 18.5 Å². The molecule has 0 aromatic carbocycles. The van der Waals surface area contributed by atoms with E-state index in [1.165, 1.54) is 0 Å². The highest BCUT2D eigenvalue weighted by Crippen LogP contribution is 2.28. The molecule has 0 radical (unpaired) electrons. The second-order valence-electron chi connectivity index (χ2n) is 5.90. The molecule has 108 valence electrons. The average Bonchev–Trinajstić information content (AvgIpc) is 2.94. The number of carbonyl (C=O) groups excluding carboxylic acids is 1. The minimum absolute atomic E-state index is 0.193. The molecule has 20 heavy (non-hydrogen) atoms. The van der Waals surface area contributed by atoms with Crippen molar-refractivity contribution in [3.8, 4) is 0 Å². The predicted octanol–water partition coefficient (Wildman–Crippen LogP) is 1.88. The van der Waals surface area contributed by atoms with Gasteiger partial charge in [-0.05, 0) is 32.1 Å². The summed E-state index contributed by atoms with van der Waals surface area (Å²) >= 11 is 0. The molecule has 1 saturated heterocycles. The first-order valence-corrected chi connectivity index (χ1v) is 7.53. The Balaban J connectivity index is 1.67. The van der Waals surface area contributed by atoms with E-state index in [9.17, 15) is 4.79 Å². The van der Waals surface area contributed by atoms with Gasteiger partial charge in [0.05, 0.1) is 0 Å². The van der Waals surface area contributed by atoms with Crippen LogP contribution in [0.2, 0.25) is 0 Å². The normalized spacial score (nSPS) is 26.8. The van der Waals surface area contributed by atoms with Gasteiger partial charge in [0.2, 0.25) is 5.91 Å². The number of amides is 1. The van der Waals surface area contributed by atoms with Crippen molar-refractivity contribution >= 4 is 5.91 Å². The molecule has 0 spiro atoms. The number of carbonyl (C=O) groups is 1. The molecule has 1 amide bonds. The van der Waals surface area contributed by atoms with Crippen LogP contribution in [0, 0.1) is 5.92 Å². The number of aryl methyl sites for hydroxylation is 1. The van der Waals surface area contributed by atoms with Gasteiger partial charge in [0.25, 0.3) is 0 Å². The molecule has 0 bridgehead atoms. The summed E-state index contributed by atoms with van der Waals surface area (Å²) in [5.41, 5.74) is 0. The van der Waals surface area contributed by atoms with Crippen molar-refractivity contribution in [2.45, 2.75) is 38.0 Å². The number of hydrogen-bond donors (Lipinski definition) is 0. The van der Waals surface area contributed by atoms with Gasteiger partial charge in [-0.15, -0.1) is 10.2 Å². The summed E-state index contributed by atoms with van der Waals surface area (Å²) in [6, 6.07) is 0. The maximum atomic E-state index is 12.6. The fourth-order valence-corrected chi connectivity index (χ4v) is 3.33. The second kappa shape index (κ2) is 5.77. The van der Waals surface area contributed by atoms with Crippen molar-refractivity contribution in [1.29, 1.82) is 0 Å². The summed E-state index contributed by atoms with van der Waals surface area (Å²) < 4.78 is 1.97. The van der Waals surface area contributed by atoms with E-state index in [1.54, 1.807) is 6.33 Å². The fourth-order valence-electron chi connectivity index (χ4n) is 3.33. The molecule has 1 aromatic rings. The third kappa shape index (κ3) is 2.62. The summed E-state index contributed by atoms with van der Waals surface area (Å²) in [4.78, 5) is 14.7. The van der Waals surface area contributed by atoms with Crippen LogP contribution in [-0.2, 0) is 11.8 Å². The maximum absolute atomic E-state index is 12.6. The van der Waals surface area contributed by atoms with Crippen LogP contribution in [-0.4, -0.2) is 38.7 Å². The van der Waals surface area contributed by atoms with E-state index in [-0.39, 0.29) is 5.92 Å². The number of aromatic nitrogens is 3. The van der Waals surface area contributed by atoms with Crippen molar-refractivity contribution in [3.05, 3.63) is 24.3 Å². The van der Waals surface area contributed by atoms with Gasteiger partial charge in [0.15, 0.2) is 0 Å². The van der Waals surface area contributed by atoms with E-state index in [2.05, 4.69) is 22.3 Å². The molecule has 1 aliphatic carbocycles. The molecule has 2 heterocycles. The van der Waals surface area contributed by atoms with Gasteiger partial charge in [-0.25, -0.2) is 0 Å². The largest absolute Gasteiger partial charge is 0.342 e. The van der Waals surface area contributed by atoms with Crippen LogP contribution in [0.3, 0.4) is 0 Å². The van der Waals surface area contributed by atoms with Gasteiger partial charge in [0.1, 0.15) is 12.2 Å². The van der Waals surface area contributed by atoms with Crippen molar-refractivity contribution in [1.82, 2.24) is 19.7 Å². The summed E-state index contributed by atoms with van der Waals surface area (Å²) in [6.45, 7) is 1.69. The molecular formula is C15H22N4O. The lowest BCUT2D eigenvalue weighted by Crippen LogP contribution is -2.43. The molecule has 3 rings (SSSR count). The zero-order valence-corrected chi connectivity index (χ0v) is 12.0. The second-order valence-corrected chi connectivity index (χ2v) is 5.90. The minimum Gasteiger partial charge on any atom is -0.342 e. The molecule has 0 saturated carbocycles. The van der Waals surface area contributed by atoms with Crippen molar-refractivity contribution < 1.29 is 4.79 Å². The van der Waals surface area contributed by atoms with Gasteiger partial charge in [-0.1, -0.05) is 12.2 Å². The molecule has 1 fully saturated rings.